The van der Waals surface area contributed by atoms with E-state index in [1.165, 1.54) is 18.7 Å². The molecule has 0 fully saturated rings. The Morgan fingerprint density at radius 2 is 1.62 bits per heavy atom. The maximum Gasteiger partial charge on any atom is 0.200 e. The number of ether oxygens (including phenoxy) is 2. The summed E-state index contributed by atoms with van der Waals surface area (Å²) in [4.78, 5) is 0. The van der Waals surface area contributed by atoms with Gasteiger partial charge in [0.25, 0.3) is 0 Å². The second-order valence-corrected chi connectivity index (χ2v) is 6.13. The van der Waals surface area contributed by atoms with E-state index in [4.69, 9.17) is 9.47 Å². The predicted molar refractivity (Wildman–Crippen MR) is 103 cm³/mol. The van der Waals surface area contributed by atoms with Gasteiger partial charge in [-0.05, 0) is 49.6 Å². The summed E-state index contributed by atoms with van der Waals surface area (Å²) in [6.45, 7) is 4.04. The normalized spacial score (nSPS) is 10.8. The van der Waals surface area contributed by atoms with E-state index < -0.39 is 0 Å². The van der Waals surface area contributed by atoms with Gasteiger partial charge in [0.1, 0.15) is 11.5 Å². The molecule has 0 spiro atoms. The zero-order chi connectivity index (χ0) is 19.3. The Morgan fingerprint density at radius 1 is 0.923 bits per heavy atom. The van der Waals surface area contributed by atoms with Crippen molar-refractivity contribution in [2.75, 3.05) is 14.2 Å². The highest BCUT2D eigenvalue weighted by Crippen LogP contribution is 2.37. The van der Waals surface area contributed by atoms with Gasteiger partial charge in [-0.1, -0.05) is 23.8 Å². The lowest BCUT2D eigenvalue weighted by Crippen LogP contribution is -1.95. The number of aromatic hydroxyl groups is 3. The fourth-order valence-corrected chi connectivity index (χ4v) is 2.56. The molecule has 0 heterocycles. The highest BCUT2D eigenvalue weighted by Gasteiger charge is 2.11. The maximum atomic E-state index is 9.96. The van der Waals surface area contributed by atoms with E-state index in [1.807, 2.05) is 19.9 Å². The van der Waals surface area contributed by atoms with Crippen molar-refractivity contribution in [1.29, 1.82) is 0 Å². The minimum atomic E-state index is -0.298. The molecule has 2 aromatic carbocycles. The Kier molecular flexibility index (Phi) is 6.17. The van der Waals surface area contributed by atoms with Gasteiger partial charge in [0.2, 0.25) is 5.75 Å². The van der Waals surface area contributed by atoms with Crippen LogP contribution in [0.2, 0.25) is 0 Å². The molecule has 138 valence electrons. The lowest BCUT2D eigenvalue weighted by atomic mass is 10.00. The molecule has 2 rings (SSSR count). The molecule has 0 bridgehead atoms. The first-order chi connectivity index (χ1) is 12.3. The first-order valence-electron chi connectivity index (χ1n) is 8.17. The Labute approximate surface area is 153 Å². The van der Waals surface area contributed by atoms with Crippen molar-refractivity contribution in [3.05, 3.63) is 52.6 Å². The molecule has 3 N–H and O–H groups in total. The second-order valence-electron chi connectivity index (χ2n) is 6.13. The fraction of sp³-hybridized carbons (Fsp3) is 0.238. The molecule has 0 amide bonds. The third-order valence-corrected chi connectivity index (χ3v) is 3.92. The Morgan fingerprint density at radius 3 is 2.23 bits per heavy atom. The van der Waals surface area contributed by atoms with Gasteiger partial charge >= 0.3 is 0 Å². The summed E-state index contributed by atoms with van der Waals surface area (Å²) in [5.41, 5.74) is 3.57. The van der Waals surface area contributed by atoms with Gasteiger partial charge in [-0.3, -0.25) is 0 Å². The number of phenols is 3. The third-order valence-electron chi connectivity index (χ3n) is 3.92. The monoisotopic (exact) mass is 356 g/mol. The molecule has 5 nitrogen and oxygen atoms in total. The summed E-state index contributed by atoms with van der Waals surface area (Å²) in [7, 11) is 2.98. The summed E-state index contributed by atoms with van der Waals surface area (Å²) >= 11 is 0. The molecule has 0 radical (unpaired) electrons. The first-order valence-corrected chi connectivity index (χ1v) is 8.17. The van der Waals surface area contributed by atoms with Crippen molar-refractivity contribution < 1.29 is 24.8 Å². The van der Waals surface area contributed by atoms with Crippen LogP contribution >= 0.6 is 0 Å². The number of rotatable bonds is 6. The number of benzene rings is 2. The highest BCUT2D eigenvalue weighted by atomic mass is 16.5. The molecule has 5 heteroatoms. The van der Waals surface area contributed by atoms with E-state index >= 15 is 0 Å². The van der Waals surface area contributed by atoms with Crippen molar-refractivity contribution in [1.82, 2.24) is 0 Å². The highest BCUT2D eigenvalue weighted by molar-refractivity contribution is 5.75. The molecule has 0 saturated carbocycles. The summed E-state index contributed by atoms with van der Waals surface area (Å²) in [5.74, 6) is 0.333. The molecule has 0 aliphatic carbocycles. The second kappa shape index (κ2) is 8.34. The largest absolute Gasteiger partial charge is 0.508 e. The minimum absolute atomic E-state index is 0.105. The van der Waals surface area contributed by atoms with E-state index in [2.05, 4.69) is 6.08 Å². The van der Waals surface area contributed by atoms with Gasteiger partial charge in [0.05, 0.1) is 14.2 Å². The van der Waals surface area contributed by atoms with Crippen molar-refractivity contribution >= 4 is 12.2 Å². The van der Waals surface area contributed by atoms with Gasteiger partial charge in [-0.2, -0.15) is 0 Å². The minimum Gasteiger partial charge on any atom is -0.508 e. The average Bonchev–Trinajstić information content (AvgIpc) is 2.60. The topological polar surface area (TPSA) is 79.2 Å². The fourth-order valence-electron chi connectivity index (χ4n) is 2.56. The molecule has 0 aliphatic rings. The maximum absolute atomic E-state index is 9.96. The Bertz CT molecular complexity index is 846. The summed E-state index contributed by atoms with van der Waals surface area (Å²) in [6.07, 6.45) is 6.33. The smallest absolute Gasteiger partial charge is 0.200 e. The summed E-state index contributed by atoms with van der Waals surface area (Å²) in [6, 6.07) is 6.29. The number of methoxy groups -OCH3 is 2. The third kappa shape index (κ3) is 4.51. The van der Waals surface area contributed by atoms with Crippen LogP contribution in [-0.4, -0.2) is 29.5 Å². The van der Waals surface area contributed by atoms with Gasteiger partial charge < -0.3 is 24.8 Å². The van der Waals surface area contributed by atoms with Crippen LogP contribution < -0.4 is 9.47 Å². The molecule has 2 aromatic rings. The van der Waals surface area contributed by atoms with E-state index in [9.17, 15) is 15.3 Å². The van der Waals surface area contributed by atoms with Crippen molar-refractivity contribution in [2.45, 2.75) is 20.3 Å². The van der Waals surface area contributed by atoms with E-state index in [1.54, 1.807) is 31.4 Å². The quantitative estimate of drug-likeness (QED) is 0.403. The Hall–Kier alpha value is -3.08. The molecular formula is C21H24O5. The molecule has 0 unspecified atom stereocenters. The number of allylic oxidation sites excluding steroid dienone is 2. The van der Waals surface area contributed by atoms with Gasteiger partial charge in [0.15, 0.2) is 11.5 Å². The van der Waals surface area contributed by atoms with Crippen molar-refractivity contribution in [2.24, 2.45) is 0 Å². The van der Waals surface area contributed by atoms with Crippen LogP contribution in [0.4, 0.5) is 0 Å². The van der Waals surface area contributed by atoms with Gasteiger partial charge in [-0.25, -0.2) is 0 Å². The first kappa shape index (κ1) is 19.2. The average molecular weight is 356 g/mol. The van der Waals surface area contributed by atoms with Gasteiger partial charge in [-0.15, -0.1) is 0 Å². The molecule has 26 heavy (non-hydrogen) atoms. The van der Waals surface area contributed by atoms with E-state index in [0.29, 0.717) is 17.7 Å². The number of hydrogen-bond donors (Lipinski definition) is 3. The molecule has 0 aromatic heterocycles. The molecule has 0 atom stereocenters. The van der Waals surface area contributed by atoms with E-state index in [-0.39, 0.29) is 23.0 Å². The van der Waals surface area contributed by atoms with Crippen LogP contribution in [0, 0.1) is 0 Å². The van der Waals surface area contributed by atoms with Crippen molar-refractivity contribution in [3.63, 3.8) is 0 Å². The van der Waals surface area contributed by atoms with E-state index in [0.717, 1.165) is 11.1 Å². The van der Waals surface area contributed by atoms with Crippen molar-refractivity contribution in [3.8, 4) is 28.7 Å². The van der Waals surface area contributed by atoms with Crippen LogP contribution in [0.3, 0.4) is 0 Å². The SMILES string of the molecule is COc1cc(/C=C/c2cc(O)cc(OC)c2CC=C(C)C)cc(O)c1O. The summed E-state index contributed by atoms with van der Waals surface area (Å²) < 4.78 is 10.5. The standard InChI is InChI=1S/C21H24O5/c1-13(2)5-8-17-15(11-16(22)12-19(17)25-3)7-6-14-9-18(23)21(24)20(10-14)26-4/h5-7,9-12,22-24H,8H2,1-4H3/b7-6+. The molecular weight excluding hydrogens is 332 g/mol. The van der Waals surface area contributed by atoms with Crippen LogP contribution in [0.15, 0.2) is 35.9 Å². The van der Waals surface area contributed by atoms with Crippen LogP contribution in [-0.2, 0) is 6.42 Å². The lowest BCUT2D eigenvalue weighted by molar-refractivity contribution is 0.351. The zero-order valence-electron chi connectivity index (χ0n) is 15.4. The predicted octanol–water partition coefficient (Wildman–Crippen LogP) is 4.50. The molecule has 0 saturated heterocycles. The number of phenolic OH excluding ortho intramolecular Hbond substituents is 3. The van der Waals surface area contributed by atoms with Crippen LogP contribution in [0.1, 0.15) is 30.5 Å². The van der Waals surface area contributed by atoms with Gasteiger partial charge in [0, 0.05) is 11.6 Å². The number of hydrogen-bond acceptors (Lipinski definition) is 5. The zero-order valence-corrected chi connectivity index (χ0v) is 15.4. The molecule has 0 aliphatic heterocycles. The lowest BCUT2D eigenvalue weighted by Gasteiger charge is -2.12. The Balaban J connectivity index is 2.48. The van der Waals surface area contributed by atoms with Crippen LogP contribution in [0.5, 0.6) is 28.7 Å². The summed E-state index contributed by atoms with van der Waals surface area (Å²) in [5, 5.41) is 29.5. The van der Waals surface area contributed by atoms with Crippen LogP contribution in [0.25, 0.3) is 12.2 Å².